The van der Waals surface area contributed by atoms with E-state index in [-0.39, 0.29) is 52.6 Å². The van der Waals surface area contributed by atoms with Gasteiger partial charge < -0.3 is 42.6 Å². The van der Waals surface area contributed by atoms with Gasteiger partial charge in [-0.2, -0.15) is 0 Å². The molecule has 268 valence electrons. The average Bonchev–Trinajstić information content (AvgIpc) is 2.89. The Morgan fingerprint density at radius 2 is 1.02 bits per heavy atom. The molecule has 0 rings (SSSR count). The van der Waals surface area contributed by atoms with Crippen molar-refractivity contribution in [3.05, 3.63) is 0 Å². The van der Waals surface area contributed by atoms with Gasteiger partial charge in [-0.25, -0.2) is 0 Å². The molecule has 0 aromatic rings. The first kappa shape index (κ1) is 43.7. The van der Waals surface area contributed by atoms with E-state index in [1.165, 1.54) is 13.8 Å². The molecule has 0 saturated heterocycles. The van der Waals surface area contributed by atoms with Crippen LogP contribution in [0.25, 0.3) is 0 Å². The topological polar surface area (TPSA) is 117 Å². The van der Waals surface area contributed by atoms with E-state index in [1.54, 1.807) is 7.11 Å². The van der Waals surface area contributed by atoms with E-state index in [0.717, 1.165) is 0 Å². The minimum absolute atomic E-state index is 0.166. The largest absolute Gasteiger partial charge is 0.463 e. The Hall–Kier alpha value is -1.34. The van der Waals surface area contributed by atoms with Crippen LogP contribution in [0.2, 0.25) is 0 Å². The maximum atomic E-state index is 11.7. The van der Waals surface area contributed by atoms with Crippen LogP contribution in [-0.4, -0.2) is 116 Å². The monoisotopic (exact) mass is 650 g/mol. The molecule has 11 heteroatoms. The van der Waals surface area contributed by atoms with Gasteiger partial charge in [0.15, 0.2) is 0 Å². The first-order valence-corrected chi connectivity index (χ1v) is 16.3. The smallest absolute Gasteiger partial charge is 0.302 e. The fraction of sp³-hybridized carbons (Fsp3) is 0.941. The van der Waals surface area contributed by atoms with Gasteiger partial charge in [0.1, 0.15) is 6.10 Å². The standard InChI is InChI=1S/C34H66O11/c1-13-42-30(34(10,11)23-29(32(5,6)7)45-28(4)36)24-40-18-16-39-17-19-41-25-31(43-21-20-38-15-14-37-12)33(8,9)22-26(2)44-27(3)35/h26,29-31H,13-25H2,1-12H3. The van der Waals surface area contributed by atoms with E-state index in [4.69, 9.17) is 42.6 Å². The molecule has 0 bridgehead atoms. The van der Waals surface area contributed by atoms with Crippen molar-refractivity contribution in [1.82, 2.24) is 0 Å². The molecule has 0 aromatic carbocycles. The fourth-order valence-electron chi connectivity index (χ4n) is 4.94. The van der Waals surface area contributed by atoms with Gasteiger partial charge in [-0.3, -0.25) is 9.59 Å². The van der Waals surface area contributed by atoms with E-state index in [2.05, 4.69) is 48.5 Å². The zero-order valence-electron chi connectivity index (χ0n) is 30.5. The normalized spacial score (nSPS) is 15.4. The van der Waals surface area contributed by atoms with Crippen molar-refractivity contribution in [2.75, 3.05) is 79.8 Å². The van der Waals surface area contributed by atoms with Gasteiger partial charge in [0.2, 0.25) is 0 Å². The minimum Gasteiger partial charge on any atom is -0.463 e. The number of rotatable bonds is 27. The van der Waals surface area contributed by atoms with Crippen LogP contribution in [0, 0.1) is 16.2 Å². The number of methoxy groups -OCH3 is 1. The molecule has 4 atom stereocenters. The van der Waals surface area contributed by atoms with Crippen molar-refractivity contribution in [1.29, 1.82) is 0 Å². The summed E-state index contributed by atoms with van der Waals surface area (Å²) < 4.78 is 51.4. The summed E-state index contributed by atoms with van der Waals surface area (Å²) in [6.45, 7) is 26.2. The summed E-state index contributed by atoms with van der Waals surface area (Å²) in [4.78, 5) is 23.1. The van der Waals surface area contributed by atoms with E-state index in [0.29, 0.717) is 85.5 Å². The molecular weight excluding hydrogens is 584 g/mol. The van der Waals surface area contributed by atoms with Gasteiger partial charge in [-0.1, -0.05) is 48.5 Å². The molecule has 0 spiro atoms. The van der Waals surface area contributed by atoms with Gasteiger partial charge >= 0.3 is 11.9 Å². The van der Waals surface area contributed by atoms with Crippen LogP contribution < -0.4 is 0 Å². The van der Waals surface area contributed by atoms with Gasteiger partial charge in [0.25, 0.3) is 0 Å². The van der Waals surface area contributed by atoms with E-state index >= 15 is 0 Å². The molecule has 0 heterocycles. The molecule has 11 nitrogen and oxygen atoms in total. The van der Waals surface area contributed by atoms with E-state index in [9.17, 15) is 9.59 Å². The highest BCUT2D eigenvalue weighted by atomic mass is 16.6. The highest BCUT2D eigenvalue weighted by Crippen LogP contribution is 2.37. The summed E-state index contributed by atoms with van der Waals surface area (Å²) in [6, 6.07) is 0. The predicted octanol–water partition coefficient (Wildman–Crippen LogP) is 5.25. The summed E-state index contributed by atoms with van der Waals surface area (Å²) >= 11 is 0. The Balaban J connectivity index is 4.71. The van der Waals surface area contributed by atoms with Gasteiger partial charge in [0, 0.05) is 27.6 Å². The second-order valence-electron chi connectivity index (χ2n) is 13.9. The number of ether oxygens (including phenoxy) is 9. The molecule has 0 aromatic heterocycles. The third-order valence-electron chi connectivity index (χ3n) is 7.54. The molecule has 0 N–H and O–H groups in total. The molecule has 0 radical (unpaired) electrons. The van der Waals surface area contributed by atoms with Crippen molar-refractivity contribution in [2.24, 2.45) is 16.2 Å². The van der Waals surface area contributed by atoms with Crippen LogP contribution in [-0.2, 0) is 52.2 Å². The summed E-state index contributed by atoms with van der Waals surface area (Å²) in [6.07, 6.45) is 0.398. The van der Waals surface area contributed by atoms with Crippen molar-refractivity contribution >= 4 is 11.9 Å². The average molecular weight is 651 g/mol. The van der Waals surface area contributed by atoms with Gasteiger partial charge in [-0.05, 0) is 42.9 Å². The van der Waals surface area contributed by atoms with Crippen LogP contribution >= 0.6 is 0 Å². The second kappa shape index (κ2) is 23.1. The number of esters is 2. The Bertz CT molecular complexity index is 779. The third-order valence-corrected chi connectivity index (χ3v) is 7.54. The first-order valence-electron chi connectivity index (χ1n) is 16.3. The number of carbonyl (C=O) groups excluding carboxylic acids is 2. The van der Waals surface area contributed by atoms with Gasteiger partial charge in [0.05, 0.1) is 84.4 Å². The van der Waals surface area contributed by atoms with Crippen LogP contribution in [0.15, 0.2) is 0 Å². The Morgan fingerprint density at radius 3 is 1.49 bits per heavy atom. The first-order chi connectivity index (χ1) is 21.0. The molecule has 4 unspecified atom stereocenters. The van der Waals surface area contributed by atoms with Crippen molar-refractivity contribution in [3.63, 3.8) is 0 Å². The highest BCUT2D eigenvalue weighted by Gasteiger charge is 2.39. The third kappa shape index (κ3) is 21.2. The van der Waals surface area contributed by atoms with Gasteiger partial charge in [-0.15, -0.1) is 0 Å². The maximum Gasteiger partial charge on any atom is 0.302 e. The van der Waals surface area contributed by atoms with Crippen LogP contribution in [0.4, 0.5) is 0 Å². The Morgan fingerprint density at radius 1 is 0.578 bits per heavy atom. The van der Waals surface area contributed by atoms with E-state index < -0.39 is 0 Å². The molecular formula is C34H66O11. The molecule has 0 aliphatic carbocycles. The lowest BCUT2D eigenvalue weighted by Crippen LogP contribution is -2.43. The van der Waals surface area contributed by atoms with E-state index in [1.807, 2.05) is 13.8 Å². The maximum absolute atomic E-state index is 11.7. The Labute approximate surface area is 273 Å². The lowest BCUT2D eigenvalue weighted by atomic mass is 9.74. The molecule has 0 fully saturated rings. The predicted molar refractivity (Wildman–Crippen MR) is 173 cm³/mol. The molecule has 0 aliphatic rings. The van der Waals surface area contributed by atoms with Crippen LogP contribution in [0.3, 0.4) is 0 Å². The SMILES string of the molecule is CCOC(COCCOCCOCC(OCCOCCOC)C(C)(C)CC(C)OC(C)=O)C(C)(C)CC(OC(C)=O)C(C)(C)C. The number of hydrogen-bond acceptors (Lipinski definition) is 11. The summed E-state index contributed by atoms with van der Waals surface area (Å²) in [5, 5.41) is 0. The summed E-state index contributed by atoms with van der Waals surface area (Å²) in [5.74, 6) is -0.578. The van der Waals surface area contributed by atoms with Crippen molar-refractivity contribution < 1.29 is 52.2 Å². The Kier molecular flexibility index (Phi) is 22.4. The van der Waals surface area contributed by atoms with Crippen molar-refractivity contribution in [2.45, 2.75) is 113 Å². The zero-order valence-corrected chi connectivity index (χ0v) is 30.5. The summed E-state index contributed by atoms with van der Waals surface area (Å²) in [5.41, 5.74) is -0.790. The number of hydrogen-bond donors (Lipinski definition) is 0. The zero-order chi connectivity index (χ0) is 34.5. The highest BCUT2D eigenvalue weighted by molar-refractivity contribution is 5.66. The summed E-state index contributed by atoms with van der Waals surface area (Å²) in [7, 11) is 1.63. The number of carbonyl (C=O) groups is 2. The van der Waals surface area contributed by atoms with Crippen LogP contribution in [0.5, 0.6) is 0 Å². The molecule has 0 saturated carbocycles. The quantitative estimate of drug-likeness (QED) is 0.0857. The minimum atomic E-state index is -0.313. The molecule has 0 aliphatic heterocycles. The fourth-order valence-corrected chi connectivity index (χ4v) is 4.94. The van der Waals surface area contributed by atoms with Crippen molar-refractivity contribution in [3.8, 4) is 0 Å². The van der Waals surface area contributed by atoms with Crippen LogP contribution in [0.1, 0.15) is 89.0 Å². The molecule has 45 heavy (non-hydrogen) atoms. The lowest BCUT2D eigenvalue weighted by molar-refractivity contribution is -0.158. The second-order valence-corrected chi connectivity index (χ2v) is 13.9. The lowest BCUT2D eigenvalue weighted by Gasteiger charge is -2.40. The molecule has 0 amide bonds.